The number of nitrogens with one attached hydrogen (secondary N) is 2. The lowest BCUT2D eigenvalue weighted by Gasteiger charge is -2.34. The minimum absolute atomic E-state index is 0.131. The average Bonchev–Trinajstić information content (AvgIpc) is 3.39. The SMILES string of the molecule is COC(=O)CCN1CCN(Cc2ccc(-c3cc4c(N[C@H](C)c5ccccc5)ncnc4[nH]3)cc2)CC1. The van der Waals surface area contributed by atoms with E-state index in [2.05, 4.69) is 91.6 Å². The number of rotatable bonds is 9. The highest BCUT2D eigenvalue weighted by Gasteiger charge is 2.18. The van der Waals surface area contributed by atoms with Gasteiger partial charge < -0.3 is 19.9 Å². The molecule has 192 valence electrons. The summed E-state index contributed by atoms with van der Waals surface area (Å²) in [5.41, 5.74) is 5.47. The van der Waals surface area contributed by atoms with Gasteiger partial charge in [0.1, 0.15) is 17.8 Å². The van der Waals surface area contributed by atoms with Crippen LogP contribution >= 0.6 is 0 Å². The second-order valence-corrected chi connectivity index (χ2v) is 9.59. The van der Waals surface area contributed by atoms with Gasteiger partial charge in [-0.25, -0.2) is 9.97 Å². The number of methoxy groups -OCH3 is 1. The van der Waals surface area contributed by atoms with Crippen LogP contribution in [0, 0.1) is 0 Å². The number of carbonyl (C=O) groups excluding carboxylic acids is 1. The van der Waals surface area contributed by atoms with Crippen molar-refractivity contribution in [3.05, 3.63) is 78.1 Å². The molecule has 5 rings (SSSR count). The molecule has 1 aliphatic heterocycles. The van der Waals surface area contributed by atoms with E-state index in [-0.39, 0.29) is 12.0 Å². The van der Waals surface area contributed by atoms with Gasteiger partial charge in [0, 0.05) is 51.0 Å². The fourth-order valence-corrected chi connectivity index (χ4v) is 4.81. The first kappa shape index (κ1) is 24.9. The summed E-state index contributed by atoms with van der Waals surface area (Å²) in [5.74, 6) is 0.685. The van der Waals surface area contributed by atoms with Crippen molar-refractivity contribution < 1.29 is 9.53 Å². The lowest BCUT2D eigenvalue weighted by Crippen LogP contribution is -2.46. The van der Waals surface area contributed by atoms with E-state index in [1.54, 1.807) is 6.33 Å². The van der Waals surface area contributed by atoms with Crippen molar-refractivity contribution in [2.45, 2.75) is 25.9 Å². The Morgan fingerprint density at radius 3 is 2.49 bits per heavy atom. The molecule has 2 aromatic carbocycles. The summed E-state index contributed by atoms with van der Waals surface area (Å²) in [6.07, 6.45) is 2.06. The van der Waals surface area contributed by atoms with Gasteiger partial charge in [-0.15, -0.1) is 0 Å². The minimum Gasteiger partial charge on any atom is -0.469 e. The third-order valence-corrected chi connectivity index (χ3v) is 7.07. The molecule has 2 aromatic heterocycles. The lowest BCUT2D eigenvalue weighted by atomic mass is 10.1. The van der Waals surface area contributed by atoms with Crippen LogP contribution in [-0.4, -0.2) is 70.6 Å². The molecule has 0 spiro atoms. The quantitative estimate of drug-likeness (QED) is 0.329. The number of hydrogen-bond donors (Lipinski definition) is 2. The largest absolute Gasteiger partial charge is 0.469 e. The van der Waals surface area contributed by atoms with Crippen LogP contribution < -0.4 is 5.32 Å². The molecule has 0 amide bonds. The molecule has 37 heavy (non-hydrogen) atoms. The van der Waals surface area contributed by atoms with Crippen LogP contribution in [0.1, 0.15) is 30.5 Å². The Balaban J connectivity index is 1.21. The van der Waals surface area contributed by atoms with Crippen LogP contribution in [0.4, 0.5) is 5.82 Å². The van der Waals surface area contributed by atoms with Crippen molar-refractivity contribution in [3.8, 4) is 11.3 Å². The molecule has 8 heteroatoms. The number of esters is 1. The van der Waals surface area contributed by atoms with Crippen LogP contribution in [0.3, 0.4) is 0 Å². The predicted octanol–water partition coefficient (Wildman–Crippen LogP) is 4.48. The molecule has 1 aliphatic rings. The summed E-state index contributed by atoms with van der Waals surface area (Å²) in [6.45, 7) is 7.79. The predicted molar refractivity (Wildman–Crippen MR) is 146 cm³/mol. The van der Waals surface area contributed by atoms with E-state index in [9.17, 15) is 4.79 Å². The van der Waals surface area contributed by atoms with Gasteiger partial charge in [0.25, 0.3) is 0 Å². The number of H-pyrrole nitrogens is 1. The highest BCUT2D eigenvalue weighted by atomic mass is 16.5. The maximum Gasteiger partial charge on any atom is 0.306 e. The van der Waals surface area contributed by atoms with E-state index in [1.165, 1.54) is 18.2 Å². The third-order valence-electron chi connectivity index (χ3n) is 7.07. The summed E-state index contributed by atoms with van der Waals surface area (Å²) in [4.78, 5) is 28.6. The van der Waals surface area contributed by atoms with Crippen molar-refractivity contribution in [1.82, 2.24) is 24.8 Å². The first-order chi connectivity index (χ1) is 18.1. The standard InChI is InChI=1S/C29H34N6O2/c1-21(23-6-4-3-5-7-23)32-28-25-18-26(33-29(25)31-20-30-28)24-10-8-22(9-11-24)19-35-16-14-34(15-17-35)13-12-27(36)37-2/h3-11,18,20-21H,12-17,19H2,1-2H3,(H2,30,31,32,33)/t21-/m1/s1. The molecule has 0 unspecified atom stereocenters. The summed E-state index contributed by atoms with van der Waals surface area (Å²) in [6, 6.07) is 21.3. The van der Waals surface area contributed by atoms with Gasteiger partial charge in [-0.2, -0.15) is 0 Å². The number of benzene rings is 2. The second kappa shape index (κ2) is 11.5. The van der Waals surface area contributed by atoms with Gasteiger partial charge in [0.2, 0.25) is 0 Å². The van der Waals surface area contributed by atoms with Crippen LogP contribution in [0.5, 0.6) is 0 Å². The number of piperazine rings is 1. The first-order valence-corrected chi connectivity index (χ1v) is 12.8. The Hall–Kier alpha value is -3.75. The van der Waals surface area contributed by atoms with Gasteiger partial charge in [-0.05, 0) is 29.7 Å². The molecular weight excluding hydrogens is 464 g/mol. The number of aromatic amines is 1. The molecule has 1 fully saturated rings. The maximum absolute atomic E-state index is 11.4. The normalized spacial score (nSPS) is 15.5. The van der Waals surface area contributed by atoms with Gasteiger partial charge in [-0.3, -0.25) is 9.69 Å². The Morgan fingerprint density at radius 2 is 1.76 bits per heavy atom. The number of aromatic nitrogens is 3. The number of ether oxygens (including phenoxy) is 1. The van der Waals surface area contributed by atoms with Gasteiger partial charge in [0.05, 0.1) is 18.9 Å². The topological polar surface area (TPSA) is 86.4 Å². The minimum atomic E-state index is -0.140. The summed E-state index contributed by atoms with van der Waals surface area (Å²) >= 11 is 0. The van der Waals surface area contributed by atoms with Gasteiger partial charge in [0.15, 0.2) is 0 Å². The number of anilines is 1. The van der Waals surface area contributed by atoms with Crippen LogP contribution in [0.25, 0.3) is 22.3 Å². The van der Waals surface area contributed by atoms with E-state index < -0.39 is 0 Å². The van der Waals surface area contributed by atoms with E-state index in [4.69, 9.17) is 4.74 Å². The molecule has 1 atom stereocenters. The van der Waals surface area contributed by atoms with Crippen molar-refractivity contribution in [3.63, 3.8) is 0 Å². The number of fused-ring (bicyclic) bond motifs is 1. The van der Waals surface area contributed by atoms with Gasteiger partial charge >= 0.3 is 5.97 Å². The Labute approximate surface area is 217 Å². The van der Waals surface area contributed by atoms with E-state index in [0.717, 1.165) is 67.4 Å². The molecule has 0 bridgehead atoms. The van der Waals surface area contributed by atoms with Gasteiger partial charge in [-0.1, -0.05) is 54.6 Å². The Bertz CT molecular complexity index is 1310. The fraction of sp³-hybridized carbons (Fsp3) is 0.345. The molecule has 0 radical (unpaired) electrons. The van der Waals surface area contributed by atoms with Crippen LogP contribution in [0.2, 0.25) is 0 Å². The number of hydrogen-bond acceptors (Lipinski definition) is 7. The molecule has 0 saturated carbocycles. The molecule has 2 N–H and O–H groups in total. The maximum atomic E-state index is 11.4. The van der Waals surface area contributed by atoms with Crippen molar-refractivity contribution >= 4 is 22.8 Å². The monoisotopic (exact) mass is 498 g/mol. The zero-order valence-electron chi connectivity index (χ0n) is 21.5. The molecule has 4 aromatic rings. The molecule has 1 saturated heterocycles. The van der Waals surface area contributed by atoms with Crippen LogP contribution in [-0.2, 0) is 16.1 Å². The summed E-state index contributed by atoms with van der Waals surface area (Å²) in [7, 11) is 1.44. The van der Waals surface area contributed by atoms with Crippen molar-refractivity contribution in [1.29, 1.82) is 0 Å². The fourth-order valence-electron chi connectivity index (χ4n) is 4.81. The molecular formula is C29H34N6O2. The van der Waals surface area contributed by atoms with Crippen LogP contribution in [0.15, 0.2) is 67.0 Å². The highest BCUT2D eigenvalue weighted by molar-refractivity contribution is 5.91. The van der Waals surface area contributed by atoms with E-state index in [1.807, 2.05) is 6.07 Å². The van der Waals surface area contributed by atoms with E-state index in [0.29, 0.717) is 6.42 Å². The summed E-state index contributed by atoms with van der Waals surface area (Å²) < 4.78 is 4.75. The smallest absolute Gasteiger partial charge is 0.306 e. The molecule has 3 heterocycles. The highest BCUT2D eigenvalue weighted by Crippen LogP contribution is 2.29. The van der Waals surface area contributed by atoms with Crippen molar-refractivity contribution in [2.75, 3.05) is 45.2 Å². The Kier molecular flexibility index (Phi) is 7.77. The summed E-state index contributed by atoms with van der Waals surface area (Å²) in [5, 5.41) is 4.52. The number of carbonyl (C=O) groups is 1. The average molecular weight is 499 g/mol. The van der Waals surface area contributed by atoms with Crippen molar-refractivity contribution in [2.24, 2.45) is 0 Å². The first-order valence-electron chi connectivity index (χ1n) is 12.8. The molecule has 0 aliphatic carbocycles. The van der Waals surface area contributed by atoms with E-state index >= 15 is 0 Å². The third kappa shape index (κ3) is 6.15. The molecule has 8 nitrogen and oxygen atoms in total. The Morgan fingerprint density at radius 1 is 1.03 bits per heavy atom. The second-order valence-electron chi connectivity index (χ2n) is 9.59. The zero-order chi connectivity index (χ0) is 25.6. The lowest BCUT2D eigenvalue weighted by molar-refractivity contribution is -0.141. The number of nitrogens with zero attached hydrogens (tertiary/aromatic N) is 4. The zero-order valence-corrected chi connectivity index (χ0v) is 21.5.